The van der Waals surface area contributed by atoms with E-state index >= 15 is 0 Å². The van der Waals surface area contributed by atoms with Gasteiger partial charge in [0.1, 0.15) is 0 Å². The van der Waals surface area contributed by atoms with Crippen molar-refractivity contribution in [2.75, 3.05) is 7.05 Å². The molecule has 0 rings (SSSR count). The van der Waals surface area contributed by atoms with E-state index in [4.69, 9.17) is 5.73 Å². The summed E-state index contributed by atoms with van der Waals surface area (Å²) in [6.07, 6.45) is 1.98. The van der Waals surface area contributed by atoms with Gasteiger partial charge in [0.25, 0.3) is 0 Å². The first-order valence-electron chi connectivity index (χ1n) is 4.56. The second-order valence-electron chi connectivity index (χ2n) is 3.21. The number of carbonyl (C=O) groups is 1. The van der Waals surface area contributed by atoms with Crippen LogP contribution in [0.2, 0.25) is 0 Å². The molecular formula is C9H20N2O. The SMILES string of the molecule is CCC(CC)N(C)C(=O)[C@H](C)N. The van der Waals surface area contributed by atoms with Gasteiger partial charge in [-0.2, -0.15) is 0 Å². The molecule has 0 saturated heterocycles. The Balaban J connectivity index is 4.15. The fraction of sp³-hybridized carbons (Fsp3) is 0.889. The van der Waals surface area contributed by atoms with Crippen LogP contribution >= 0.6 is 0 Å². The summed E-state index contributed by atoms with van der Waals surface area (Å²) < 4.78 is 0. The zero-order chi connectivity index (χ0) is 9.72. The van der Waals surface area contributed by atoms with E-state index in [9.17, 15) is 4.79 Å². The van der Waals surface area contributed by atoms with Gasteiger partial charge < -0.3 is 10.6 Å². The highest BCUT2D eigenvalue weighted by Crippen LogP contribution is 2.06. The molecule has 0 aliphatic heterocycles. The van der Waals surface area contributed by atoms with Gasteiger partial charge in [-0.15, -0.1) is 0 Å². The number of likely N-dealkylation sites (N-methyl/N-ethyl adjacent to an activating group) is 1. The normalized spacial score (nSPS) is 13.2. The lowest BCUT2D eigenvalue weighted by molar-refractivity contribution is -0.133. The number of nitrogens with two attached hydrogens (primary N) is 1. The van der Waals surface area contributed by atoms with Crippen molar-refractivity contribution in [2.45, 2.75) is 45.7 Å². The van der Waals surface area contributed by atoms with E-state index < -0.39 is 0 Å². The smallest absolute Gasteiger partial charge is 0.239 e. The zero-order valence-corrected chi connectivity index (χ0v) is 8.50. The number of hydrogen-bond donors (Lipinski definition) is 1. The van der Waals surface area contributed by atoms with E-state index in [1.807, 2.05) is 7.05 Å². The highest BCUT2D eigenvalue weighted by molar-refractivity contribution is 5.81. The van der Waals surface area contributed by atoms with Crippen molar-refractivity contribution in [1.29, 1.82) is 0 Å². The van der Waals surface area contributed by atoms with E-state index in [1.54, 1.807) is 11.8 Å². The van der Waals surface area contributed by atoms with Gasteiger partial charge in [0, 0.05) is 13.1 Å². The van der Waals surface area contributed by atoms with Crippen LogP contribution in [0.5, 0.6) is 0 Å². The molecule has 12 heavy (non-hydrogen) atoms. The van der Waals surface area contributed by atoms with Crippen molar-refractivity contribution < 1.29 is 4.79 Å². The van der Waals surface area contributed by atoms with E-state index in [-0.39, 0.29) is 11.9 Å². The molecule has 0 aliphatic rings. The predicted octanol–water partition coefficient (Wildman–Crippen LogP) is 0.981. The van der Waals surface area contributed by atoms with Gasteiger partial charge in [0.15, 0.2) is 0 Å². The second kappa shape index (κ2) is 5.14. The van der Waals surface area contributed by atoms with E-state index in [2.05, 4.69) is 13.8 Å². The molecule has 0 spiro atoms. The number of hydrogen-bond acceptors (Lipinski definition) is 2. The minimum Gasteiger partial charge on any atom is -0.341 e. The Bertz CT molecular complexity index is 141. The second-order valence-corrected chi connectivity index (χ2v) is 3.21. The third kappa shape index (κ3) is 2.81. The van der Waals surface area contributed by atoms with Crippen molar-refractivity contribution in [2.24, 2.45) is 5.73 Å². The Morgan fingerprint density at radius 1 is 1.42 bits per heavy atom. The summed E-state index contributed by atoms with van der Waals surface area (Å²) in [4.78, 5) is 13.2. The lowest BCUT2D eigenvalue weighted by Gasteiger charge is -2.27. The highest BCUT2D eigenvalue weighted by Gasteiger charge is 2.18. The van der Waals surface area contributed by atoms with Crippen LogP contribution < -0.4 is 5.73 Å². The lowest BCUT2D eigenvalue weighted by Crippen LogP contribution is -2.44. The van der Waals surface area contributed by atoms with Gasteiger partial charge in [-0.3, -0.25) is 4.79 Å². The first-order valence-corrected chi connectivity index (χ1v) is 4.56. The van der Waals surface area contributed by atoms with Crippen LogP contribution in [0.25, 0.3) is 0 Å². The first kappa shape index (κ1) is 11.4. The zero-order valence-electron chi connectivity index (χ0n) is 8.50. The first-order chi connectivity index (χ1) is 5.54. The monoisotopic (exact) mass is 172 g/mol. The van der Waals surface area contributed by atoms with Crippen molar-refractivity contribution >= 4 is 5.91 Å². The number of amides is 1. The van der Waals surface area contributed by atoms with E-state index in [0.29, 0.717) is 6.04 Å². The summed E-state index contributed by atoms with van der Waals surface area (Å²) in [5.41, 5.74) is 5.49. The van der Waals surface area contributed by atoms with Gasteiger partial charge in [-0.05, 0) is 19.8 Å². The molecule has 72 valence electrons. The maximum Gasteiger partial charge on any atom is 0.239 e. The van der Waals surface area contributed by atoms with Crippen LogP contribution in [0.4, 0.5) is 0 Å². The minimum absolute atomic E-state index is 0.0312. The van der Waals surface area contributed by atoms with Crippen molar-refractivity contribution in [3.63, 3.8) is 0 Å². The molecule has 0 bridgehead atoms. The number of nitrogens with zero attached hydrogens (tertiary/aromatic N) is 1. The molecule has 0 aromatic rings. The number of carbonyl (C=O) groups excluding carboxylic acids is 1. The van der Waals surface area contributed by atoms with Gasteiger partial charge in [-0.25, -0.2) is 0 Å². The van der Waals surface area contributed by atoms with Crippen molar-refractivity contribution in [3.8, 4) is 0 Å². The van der Waals surface area contributed by atoms with Crippen LogP contribution in [0, 0.1) is 0 Å². The summed E-state index contributed by atoms with van der Waals surface area (Å²) in [5.74, 6) is 0.0312. The van der Waals surface area contributed by atoms with Crippen LogP contribution in [-0.2, 0) is 4.79 Å². The molecule has 0 aromatic carbocycles. The van der Waals surface area contributed by atoms with Crippen LogP contribution in [0.3, 0.4) is 0 Å². The van der Waals surface area contributed by atoms with Crippen molar-refractivity contribution in [3.05, 3.63) is 0 Å². The molecular weight excluding hydrogens is 152 g/mol. The third-order valence-electron chi connectivity index (χ3n) is 2.23. The fourth-order valence-electron chi connectivity index (χ4n) is 1.34. The Labute approximate surface area is 74.9 Å². The quantitative estimate of drug-likeness (QED) is 0.687. The molecule has 0 radical (unpaired) electrons. The summed E-state index contributed by atoms with van der Waals surface area (Å²) >= 11 is 0. The summed E-state index contributed by atoms with van der Waals surface area (Å²) in [7, 11) is 1.82. The lowest BCUT2D eigenvalue weighted by atomic mass is 10.1. The molecule has 0 aromatic heterocycles. The molecule has 2 N–H and O–H groups in total. The summed E-state index contributed by atoms with van der Waals surface area (Å²) in [6, 6.07) is -0.0425. The largest absolute Gasteiger partial charge is 0.341 e. The maximum atomic E-state index is 11.4. The average molecular weight is 172 g/mol. The molecule has 0 saturated carbocycles. The Morgan fingerprint density at radius 2 is 1.83 bits per heavy atom. The molecule has 0 unspecified atom stereocenters. The summed E-state index contributed by atoms with van der Waals surface area (Å²) in [5, 5.41) is 0. The minimum atomic E-state index is -0.379. The molecule has 3 nitrogen and oxygen atoms in total. The average Bonchev–Trinajstić information content (AvgIpc) is 2.05. The fourth-order valence-corrected chi connectivity index (χ4v) is 1.34. The van der Waals surface area contributed by atoms with Gasteiger partial charge in [0.05, 0.1) is 6.04 Å². The van der Waals surface area contributed by atoms with Crippen molar-refractivity contribution in [1.82, 2.24) is 4.90 Å². The Hall–Kier alpha value is -0.570. The van der Waals surface area contributed by atoms with Crippen LogP contribution in [0.1, 0.15) is 33.6 Å². The van der Waals surface area contributed by atoms with Crippen LogP contribution in [0.15, 0.2) is 0 Å². The van der Waals surface area contributed by atoms with E-state index in [1.165, 1.54) is 0 Å². The number of rotatable bonds is 4. The molecule has 3 heteroatoms. The molecule has 0 aliphatic carbocycles. The standard InChI is InChI=1S/C9H20N2O/c1-5-8(6-2)11(4)9(12)7(3)10/h7-8H,5-6,10H2,1-4H3/t7-/m0/s1. The topological polar surface area (TPSA) is 46.3 Å². The highest BCUT2D eigenvalue weighted by atomic mass is 16.2. The molecule has 0 heterocycles. The predicted molar refractivity (Wildman–Crippen MR) is 50.8 cm³/mol. The molecule has 0 fully saturated rings. The third-order valence-corrected chi connectivity index (χ3v) is 2.23. The Morgan fingerprint density at radius 3 is 2.08 bits per heavy atom. The van der Waals surface area contributed by atoms with Gasteiger partial charge in [-0.1, -0.05) is 13.8 Å². The Kier molecular flexibility index (Phi) is 4.90. The molecule has 1 atom stereocenters. The molecule has 1 amide bonds. The maximum absolute atomic E-state index is 11.4. The van der Waals surface area contributed by atoms with Gasteiger partial charge >= 0.3 is 0 Å². The van der Waals surface area contributed by atoms with E-state index in [0.717, 1.165) is 12.8 Å². The van der Waals surface area contributed by atoms with Crippen LogP contribution in [-0.4, -0.2) is 29.9 Å². The summed E-state index contributed by atoms with van der Waals surface area (Å²) in [6.45, 7) is 5.89. The van der Waals surface area contributed by atoms with Gasteiger partial charge in [0.2, 0.25) is 5.91 Å².